The van der Waals surface area contributed by atoms with Crippen LogP contribution in [0.3, 0.4) is 0 Å². The Labute approximate surface area is 121 Å². The van der Waals surface area contributed by atoms with Crippen molar-refractivity contribution in [3.8, 4) is 0 Å². The molecule has 0 saturated heterocycles. The van der Waals surface area contributed by atoms with Crippen LogP contribution >= 0.6 is 0 Å². The summed E-state index contributed by atoms with van der Waals surface area (Å²) in [5.74, 6) is -0.935. The monoisotopic (exact) mass is 279 g/mol. The van der Waals surface area contributed by atoms with E-state index < -0.39 is 5.97 Å². The van der Waals surface area contributed by atoms with Gasteiger partial charge < -0.3 is 15.5 Å². The van der Waals surface area contributed by atoms with Crippen molar-refractivity contribution in [1.29, 1.82) is 0 Å². The Morgan fingerprint density at radius 2 is 1.80 bits per heavy atom. The van der Waals surface area contributed by atoms with E-state index in [1.165, 1.54) is 12.5 Å². The maximum atomic E-state index is 9.60. The van der Waals surface area contributed by atoms with Gasteiger partial charge >= 0.3 is 5.97 Å². The summed E-state index contributed by atoms with van der Waals surface area (Å²) < 4.78 is 0. The number of aliphatic hydroxyl groups excluding tert-OH is 1. The standard InChI is InChI=1S/C12H19NO.C4H6O2/c1-10(14)9-13-12(2,3)11-7-5-4-6-8-11;1-3(2)4(5)6/h4-8,10,13-14H,9H2,1-3H3;1H2,2H3,(H,5,6). The molecule has 1 unspecified atom stereocenters. The van der Waals surface area contributed by atoms with Crippen LogP contribution in [0, 0.1) is 0 Å². The van der Waals surface area contributed by atoms with Crippen LogP contribution in [0.15, 0.2) is 42.5 Å². The number of benzene rings is 1. The molecule has 0 spiro atoms. The zero-order valence-corrected chi connectivity index (χ0v) is 12.7. The van der Waals surface area contributed by atoms with E-state index in [9.17, 15) is 9.90 Å². The molecule has 0 aliphatic heterocycles. The molecule has 0 fully saturated rings. The Hall–Kier alpha value is -1.65. The normalized spacial score (nSPS) is 12.1. The van der Waals surface area contributed by atoms with Gasteiger partial charge in [0.2, 0.25) is 0 Å². The van der Waals surface area contributed by atoms with E-state index in [0.29, 0.717) is 6.54 Å². The highest BCUT2D eigenvalue weighted by Crippen LogP contribution is 2.18. The summed E-state index contributed by atoms with van der Waals surface area (Å²) in [6, 6.07) is 10.3. The second kappa shape index (κ2) is 8.51. The first-order valence-electron chi connectivity index (χ1n) is 6.54. The van der Waals surface area contributed by atoms with Gasteiger partial charge in [0.25, 0.3) is 0 Å². The highest BCUT2D eigenvalue weighted by atomic mass is 16.4. The second-order valence-electron chi connectivity index (χ2n) is 5.31. The molecule has 0 aliphatic carbocycles. The van der Waals surface area contributed by atoms with Gasteiger partial charge in [-0.1, -0.05) is 36.9 Å². The van der Waals surface area contributed by atoms with Gasteiger partial charge in [-0.05, 0) is 33.3 Å². The Kier molecular flexibility index (Phi) is 7.80. The lowest BCUT2D eigenvalue weighted by Crippen LogP contribution is -2.40. The summed E-state index contributed by atoms with van der Waals surface area (Å²) in [7, 11) is 0. The number of carboxylic acid groups (broad SMARTS) is 1. The first-order valence-corrected chi connectivity index (χ1v) is 6.54. The summed E-state index contributed by atoms with van der Waals surface area (Å²) in [6.07, 6.45) is -0.307. The Morgan fingerprint density at radius 1 is 1.35 bits per heavy atom. The molecule has 0 radical (unpaired) electrons. The fourth-order valence-corrected chi connectivity index (χ4v) is 1.36. The molecule has 112 valence electrons. The molecule has 1 atom stereocenters. The number of rotatable bonds is 5. The van der Waals surface area contributed by atoms with E-state index in [1.807, 2.05) is 18.2 Å². The molecule has 4 heteroatoms. The third-order valence-corrected chi connectivity index (χ3v) is 2.70. The van der Waals surface area contributed by atoms with Crippen LogP contribution in [0.25, 0.3) is 0 Å². The van der Waals surface area contributed by atoms with Crippen LogP contribution in [0.2, 0.25) is 0 Å². The average molecular weight is 279 g/mol. The van der Waals surface area contributed by atoms with E-state index in [1.54, 1.807) is 6.92 Å². The molecule has 0 aliphatic rings. The van der Waals surface area contributed by atoms with Crippen molar-refractivity contribution >= 4 is 5.97 Å². The van der Waals surface area contributed by atoms with Gasteiger partial charge in [-0.25, -0.2) is 4.79 Å². The molecule has 0 aromatic heterocycles. The number of carbonyl (C=O) groups is 1. The maximum absolute atomic E-state index is 9.60. The molecular weight excluding hydrogens is 254 g/mol. The van der Waals surface area contributed by atoms with Crippen LogP contribution in [0.4, 0.5) is 0 Å². The number of aliphatic carboxylic acids is 1. The first-order chi connectivity index (χ1) is 9.16. The van der Waals surface area contributed by atoms with Crippen molar-refractivity contribution in [1.82, 2.24) is 5.32 Å². The third kappa shape index (κ3) is 7.71. The second-order valence-corrected chi connectivity index (χ2v) is 5.31. The van der Waals surface area contributed by atoms with Crippen LogP contribution in [-0.2, 0) is 10.3 Å². The number of nitrogens with one attached hydrogen (secondary N) is 1. The fraction of sp³-hybridized carbons (Fsp3) is 0.438. The topological polar surface area (TPSA) is 69.6 Å². The van der Waals surface area contributed by atoms with E-state index in [-0.39, 0.29) is 17.2 Å². The van der Waals surface area contributed by atoms with Gasteiger partial charge in [-0.2, -0.15) is 0 Å². The van der Waals surface area contributed by atoms with Crippen molar-refractivity contribution < 1.29 is 15.0 Å². The Morgan fingerprint density at radius 3 is 2.15 bits per heavy atom. The lowest BCUT2D eigenvalue weighted by Gasteiger charge is -2.27. The van der Waals surface area contributed by atoms with Gasteiger partial charge in [0, 0.05) is 17.7 Å². The molecule has 1 aromatic carbocycles. The lowest BCUT2D eigenvalue weighted by atomic mass is 9.94. The molecule has 4 nitrogen and oxygen atoms in total. The molecule has 0 saturated carbocycles. The van der Waals surface area contributed by atoms with Gasteiger partial charge in [0.1, 0.15) is 0 Å². The molecule has 1 aromatic rings. The van der Waals surface area contributed by atoms with Crippen molar-refractivity contribution in [2.24, 2.45) is 0 Å². The van der Waals surface area contributed by atoms with E-state index in [4.69, 9.17) is 5.11 Å². The lowest BCUT2D eigenvalue weighted by molar-refractivity contribution is -0.132. The van der Waals surface area contributed by atoms with Gasteiger partial charge in [-0.15, -0.1) is 0 Å². The largest absolute Gasteiger partial charge is 0.478 e. The minimum atomic E-state index is -0.935. The predicted molar refractivity (Wildman–Crippen MR) is 81.6 cm³/mol. The average Bonchev–Trinajstić information content (AvgIpc) is 2.38. The summed E-state index contributed by atoms with van der Waals surface area (Å²) in [4.78, 5) is 9.60. The summed E-state index contributed by atoms with van der Waals surface area (Å²) >= 11 is 0. The smallest absolute Gasteiger partial charge is 0.330 e. The number of hydrogen-bond donors (Lipinski definition) is 3. The molecule has 3 N–H and O–H groups in total. The van der Waals surface area contributed by atoms with E-state index in [0.717, 1.165) is 0 Å². The molecule has 0 bridgehead atoms. The first kappa shape index (κ1) is 18.4. The van der Waals surface area contributed by atoms with Crippen molar-refractivity contribution in [2.75, 3.05) is 6.54 Å². The van der Waals surface area contributed by atoms with Crippen LogP contribution in [0.5, 0.6) is 0 Å². The molecule has 1 rings (SSSR count). The van der Waals surface area contributed by atoms with Gasteiger partial charge in [-0.3, -0.25) is 0 Å². The number of aliphatic hydroxyl groups is 1. The van der Waals surface area contributed by atoms with Gasteiger partial charge in [0.15, 0.2) is 0 Å². The van der Waals surface area contributed by atoms with Crippen LogP contribution < -0.4 is 5.32 Å². The zero-order chi connectivity index (χ0) is 15.8. The minimum absolute atomic E-state index is 0.0851. The third-order valence-electron chi connectivity index (χ3n) is 2.70. The molecular formula is C16H25NO3. The van der Waals surface area contributed by atoms with Crippen LogP contribution in [0.1, 0.15) is 33.3 Å². The van der Waals surface area contributed by atoms with Crippen molar-refractivity contribution in [3.63, 3.8) is 0 Å². The Bertz CT molecular complexity index is 413. The number of carboxylic acids is 1. The summed E-state index contributed by atoms with van der Waals surface area (Å²) in [5.41, 5.74) is 1.33. The highest BCUT2D eigenvalue weighted by molar-refractivity contribution is 5.84. The quantitative estimate of drug-likeness (QED) is 0.724. The zero-order valence-electron chi connectivity index (χ0n) is 12.7. The highest BCUT2D eigenvalue weighted by Gasteiger charge is 2.19. The molecule has 0 heterocycles. The summed E-state index contributed by atoms with van der Waals surface area (Å²) in [6.45, 7) is 11.2. The fourth-order valence-electron chi connectivity index (χ4n) is 1.36. The predicted octanol–water partition coefficient (Wildman–Crippen LogP) is 2.54. The molecule has 20 heavy (non-hydrogen) atoms. The van der Waals surface area contributed by atoms with Crippen LogP contribution in [-0.4, -0.2) is 28.8 Å². The van der Waals surface area contributed by atoms with Crippen molar-refractivity contribution in [3.05, 3.63) is 48.0 Å². The van der Waals surface area contributed by atoms with Crippen molar-refractivity contribution in [2.45, 2.75) is 39.3 Å². The molecule has 0 amide bonds. The minimum Gasteiger partial charge on any atom is -0.478 e. The summed E-state index contributed by atoms with van der Waals surface area (Å²) in [5, 5.41) is 20.4. The maximum Gasteiger partial charge on any atom is 0.330 e. The van der Waals surface area contributed by atoms with E-state index in [2.05, 4.69) is 37.9 Å². The SMILES string of the molecule is C=C(C)C(=O)O.CC(O)CNC(C)(C)c1ccccc1. The van der Waals surface area contributed by atoms with Gasteiger partial charge in [0.05, 0.1) is 6.10 Å². The van der Waals surface area contributed by atoms with E-state index >= 15 is 0 Å². The number of hydrogen-bond acceptors (Lipinski definition) is 3. The Balaban J connectivity index is 0.000000511.